The standard InChI is InChI=1S/C14H19ClN2O2S/c1-11-5-7-17(8-6-11)20(18,19)14-9-12(10-16-2)3-4-13(14)15/h3-5,9,16H,6-8,10H2,1-2H3. The first kappa shape index (κ1) is 15.5. The zero-order chi connectivity index (χ0) is 14.8. The number of hydrogen-bond donors (Lipinski definition) is 1. The third-order valence-corrected chi connectivity index (χ3v) is 5.74. The van der Waals surface area contributed by atoms with E-state index in [1.54, 1.807) is 12.1 Å². The molecule has 2 rings (SSSR count). The summed E-state index contributed by atoms with van der Waals surface area (Å²) in [5, 5.41) is 3.28. The Morgan fingerprint density at radius 1 is 1.40 bits per heavy atom. The first-order valence-electron chi connectivity index (χ1n) is 6.54. The van der Waals surface area contributed by atoms with Gasteiger partial charge in [-0.25, -0.2) is 8.42 Å². The number of nitrogens with one attached hydrogen (secondary N) is 1. The minimum absolute atomic E-state index is 0.194. The fraction of sp³-hybridized carbons (Fsp3) is 0.429. The predicted molar refractivity (Wildman–Crippen MR) is 81.3 cm³/mol. The van der Waals surface area contributed by atoms with Gasteiger partial charge in [-0.1, -0.05) is 29.3 Å². The molecule has 20 heavy (non-hydrogen) atoms. The Labute approximate surface area is 125 Å². The average Bonchev–Trinajstić information content (AvgIpc) is 2.41. The molecule has 110 valence electrons. The van der Waals surface area contributed by atoms with Crippen molar-refractivity contribution in [2.24, 2.45) is 0 Å². The number of hydrogen-bond acceptors (Lipinski definition) is 3. The van der Waals surface area contributed by atoms with Gasteiger partial charge >= 0.3 is 0 Å². The van der Waals surface area contributed by atoms with Gasteiger partial charge < -0.3 is 5.32 Å². The first-order chi connectivity index (χ1) is 9.45. The topological polar surface area (TPSA) is 49.4 Å². The maximum Gasteiger partial charge on any atom is 0.244 e. The number of benzene rings is 1. The molecule has 0 aromatic heterocycles. The molecule has 0 bridgehead atoms. The molecule has 4 nitrogen and oxygen atoms in total. The Morgan fingerprint density at radius 3 is 2.75 bits per heavy atom. The molecule has 0 radical (unpaired) electrons. The largest absolute Gasteiger partial charge is 0.316 e. The summed E-state index contributed by atoms with van der Waals surface area (Å²) in [4.78, 5) is 0.194. The van der Waals surface area contributed by atoms with E-state index in [9.17, 15) is 8.42 Å². The summed E-state index contributed by atoms with van der Waals surface area (Å²) in [6.07, 6.45) is 2.72. The molecule has 0 unspecified atom stereocenters. The summed E-state index contributed by atoms with van der Waals surface area (Å²) in [6, 6.07) is 5.13. The van der Waals surface area contributed by atoms with Crippen LogP contribution in [0.1, 0.15) is 18.9 Å². The molecular weight excluding hydrogens is 296 g/mol. The van der Waals surface area contributed by atoms with Crippen LogP contribution in [0.3, 0.4) is 0 Å². The molecule has 0 atom stereocenters. The van der Waals surface area contributed by atoms with E-state index in [-0.39, 0.29) is 9.92 Å². The van der Waals surface area contributed by atoms with Crippen molar-refractivity contribution in [3.63, 3.8) is 0 Å². The lowest BCUT2D eigenvalue weighted by atomic mass is 10.1. The van der Waals surface area contributed by atoms with Gasteiger partial charge in [-0.3, -0.25) is 0 Å². The number of nitrogens with zero attached hydrogens (tertiary/aromatic N) is 1. The van der Waals surface area contributed by atoms with Crippen molar-refractivity contribution < 1.29 is 8.42 Å². The van der Waals surface area contributed by atoms with Crippen LogP contribution in [-0.4, -0.2) is 32.9 Å². The second kappa shape index (κ2) is 6.26. The minimum atomic E-state index is -3.53. The van der Waals surface area contributed by atoms with Crippen LogP contribution in [0.25, 0.3) is 0 Å². The summed E-state index contributed by atoms with van der Waals surface area (Å²) in [5.41, 5.74) is 2.13. The van der Waals surface area contributed by atoms with E-state index in [1.165, 1.54) is 9.88 Å². The van der Waals surface area contributed by atoms with E-state index >= 15 is 0 Å². The van der Waals surface area contributed by atoms with Crippen molar-refractivity contribution in [1.82, 2.24) is 9.62 Å². The van der Waals surface area contributed by atoms with Crippen LogP contribution >= 0.6 is 11.6 Å². The third kappa shape index (κ3) is 3.23. The maximum atomic E-state index is 12.7. The number of sulfonamides is 1. The summed E-state index contributed by atoms with van der Waals surface area (Å²) < 4.78 is 26.8. The van der Waals surface area contributed by atoms with Gasteiger partial charge in [0, 0.05) is 19.6 Å². The fourth-order valence-corrected chi connectivity index (χ4v) is 4.07. The minimum Gasteiger partial charge on any atom is -0.316 e. The predicted octanol–water partition coefficient (Wildman–Crippen LogP) is 2.40. The molecule has 1 aliphatic heterocycles. The van der Waals surface area contributed by atoms with Gasteiger partial charge in [0.05, 0.1) is 5.02 Å². The first-order valence-corrected chi connectivity index (χ1v) is 8.36. The van der Waals surface area contributed by atoms with Gasteiger partial charge in [0.1, 0.15) is 4.90 Å². The molecule has 0 amide bonds. The van der Waals surface area contributed by atoms with E-state index in [2.05, 4.69) is 5.32 Å². The zero-order valence-corrected chi connectivity index (χ0v) is 13.3. The molecule has 0 spiro atoms. The van der Waals surface area contributed by atoms with Gasteiger partial charge in [-0.05, 0) is 38.1 Å². The normalized spacial score (nSPS) is 17.1. The van der Waals surface area contributed by atoms with Crippen LogP contribution in [0.15, 0.2) is 34.7 Å². The van der Waals surface area contributed by atoms with Crippen molar-refractivity contribution in [3.05, 3.63) is 40.4 Å². The summed E-state index contributed by atoms with van der Waals surface area (Å²) in [7, 11) is -1.71. The van der Waals surface area contributed by atoms with Gasteiger partial charge in [0.2, 0.25) is 10.0 Å². The van der Waals surface area contributed by atoms with Crippen LogP contribution in [0.2, 0.25) is 5.02 Å². The quantitative estimate of drug-likeness (QED) is 0.868. The maximum absolute atomic E-state index is 12.7. The lowest BCUT2D eigenvalue weighted by Gasteiger charge is -2.25. The number of halogens is 1. The van der Waals surface area contributed by atoms with Crippen LogP contribution in [0.5, 0.6) is 0 Å². The zero-order valence-electron chi connectivity index (χ0n) is 11.7. The molecule has 0 saturated heterocycles. The molecule has 1 aromatic rings. The van der Waals surface area contributed by atoms with Crippen LogP contribution in [0, 0.1) is 0 Å². The van der Waals surface area contributed by atoms with Gasteiger partial charge in [-0.15, -0.1) is 0 Å². The van der Waals surface area contributed by atoms with E-state index in [0.717, 1.165) is 12.0 Å². The highest BCUT2D eigenvalue weighted by molar-refractivity contribution is 7.89. The van der Waals surface area contributed by atoms with Crippen molar-refractivity contribution in [2.45, 2.75) is 24.8 Å². The summed E-state index contributed by atoms with van der Waals surface area (Å²) >= 11 is 6.09. The monoisotopic (exact) mass is 314 g/mol. The van der Waals surface area contributed by atoms with Crippen molar-refractivity contribution in [2.75, 3.05) is 20.1 Å². The lowest BCUT2D eigenvalue weighted by Crippen LogP contribution is -2.34. The van der Waals surface area contributed by atoms with Crippen LogP contribution in [-0.2, 0) is 16.6 Å². The van der Waals surface area contributed by atoms with Crippen LogP contribution in [0.4, 0.5) is 0 Å². The molecule has 0 saturated carbocycles. The molecule has 1 aliphatic rings. The fourth-order valence-electron chi connectivity index (χ4n) is 2.17. The van der Waals surface area contributed by atoms with E-state index < -0.39 is 10.0 Å². The number of rotatable bonds is 4. The van der Waals surface area contributed by atoms with Crippen molar-refractivity contribution in [1.29, 1.82) is 0 Å². The van der Waals surface area contributed by atoms with Gasteiger partial charge in [0.15, 0.2) is 0 Å². The lowest BCUT2D eigenvalue weighted by molar-refractivity contribution is 0.431. The molecule has 0 aliphatic carbocycles. The Kier molecular flexibility index (Phi) is 4.86. The Hall–Kier alpha value is -0.880. The second-order valence-electron chi connectivity index (χ2n) is 4.96. The van der Waals surface area contributed by atoms with Gasteiger partial charge in [0.25, 0.3) is 0 Å². The molecule has 1 N–H and O–H groups in total. The highest BCUT2D eigenvalue weighted by atomic mass is 35.5. The SMILES string of the molecule is CNCc1ccc(Cl)c(S(=O)(=O)N2CC=C(C)CC2)c1. The smallest absolute Gasteiger partial charge is 0.244 e. The molecule has 6 heteroatoms. The van der Waals surface area contributed by atoms with Crippen molar-refractivity contribution in [3.8, 4) is 0 Å². The molecular formula is C14H19ClN2O2S. The Balaban J connectivity index is 2.36. The molecule has 1 aromatic carbocycles. The highest BCUT2D eigenvalue weighted by Gasteiger charge is 2.27. The van der Waals surface area contributed by atoms with E-state index in [1.807, 2.05) is 26.1 Å². The van der Waals surface area contributed by atoms with E-state index in [0.29, 0.717) is 19.6 Å². The van der Waals surface area contributed by atoms with E-state index in [4.69, 9.17) is 11.6 Å². The summed E-state index contributed by atoms with van der Waals surface area (Å²) in [5.74, 6) is 0. The van der Waals surface area contributed by atoms with Crippen LogP contribution < -0.4 is 5.32 Å². The average molecular weight is 315 g/mol. The second-order valence-corrected chi connectivity index (χ2v) is 7.27. The Morgan fingerprint density at radius 2 is 2.15 bits per heavy atom. The molecule has 1 heterocycles. The highest BCUT2D eigenvalue weighted by Crippen LogP contribution is 2.27. The Bertz CT molecular complexity index is 626. The van der Waals surface area contributed by atoms with Crippen molar-refractivity contribution >= 4 is 21.6 Å². The van der Waals surface area contributed by atoms with Gasteiger partial charge in [-0.2, -0.15) is 4.31 Å². The summed E-state index contributed by atoms with van der Waals surface area (Å²) in [6.45, 7) is 3.56. The molecule has 0 fully saturated rings. The third-order valence-electron chi connectivity index (χ3n) is 3.39.